The second-order valence-electron chi connectivity index (χ2n) is 6.35. The first-order chi connectivity index (χ1) is 13.0. The molecule has 0 aliphatic heterocycles. The van der Waals surface area contributed by atoms with Crippen molar-refractivity contribution in [3.05, 3.63) is 65.2 Å². The third-order valence-electron chi connectivity index (χ3n) is 4.16. The highest BCUT2D eigenvalue weighted by Gasteiger charge is 2.07. The summed E-state index contributed by atoms with van der Waals surface area (Å²) in [6, 6.07) is 15.7. The minimum atomic E-state index is 0. The number of hydrogen-bond acceptors (Lipinski definition) is 3. The third kappa shape index (κ3) is 7.38. The molecule has 2 rings (SSSR count). The van der Waals surface area contributed by atoms with Gasteiger partial charge < -0.3 is 20.3 Å². The fourth-order valence-corrected chi connectivity index (χ4v) is 2.55. The summed E-state index contributed by atoms with van der Waals surface area (Å²) in [6.45, 7) is 1.42. The molecule has 0 fully saturated rings. The number of rotatable bonds is 7. The van der Waals surface area contributed by atoms with Crippen molar-refractivity contribution in [3.63, 3.8) is 0 Å². The molecule has 6 nitrogen and oxygen atoms in total. The van der Waals surface area contributed by atoms with Crippen molar-refractivity contribution in [2.24, 2.45) is 4.99 Å². The van der Waals surface area contributed by atoms with E-state index in [0.717, 1.165) is 30.2 Å². The average Bonchev–Trinajstić information content (AvgIpc) is 2.70. The van der Waals surface area contributed by atoms with Gasteiger partial charge in [-0.3, -0.25) is 9.79 Å². The number of ether oxygens (including phenoxy) is 1. The number of guanidine groups is 1. The van der Waals surface area contributed by atoms with E-state index in [0.29, 0.717) is 12.1 Å². The minimum Gasteiger partial charge on any atom is -0.497 e. The Bertz CT molecular complexity index is 759. The molecule has 2 aromatic rings. The number of benzene rings is 2. The predicted octanol–water partition coefficient (Wildman–Crippen LogP) is 2.92. The van der Waals surface area contributed by atoms with Crippen molar-refractivity contribution in [3.8, 4) is 5.75 Å². The zero-order valence-electron chi connectivity index (χ0n) is 16.9. The van der Waals surface area contributed by atoms with Gasteiger partial charge in [-0.05, 0) is 41.8 Å². The smallest absolute Gasteiger partial charge is 0.253 e. The van der Waals surface area contributed by atoms with Crippen LogP contribution in [0, 0.1) is 0 Å². The monoisotopic (exact) mass is 496 g/mol. The van der Waals surface area contributed by atoms with Gasteiger partial charge in [-0.1, -0.05) is 24.3 Å². The largest absolute Gasteiger partial charge is 0.497 e. The first kappa shape index (κ1) is 23.7. The summed E-state index contributed by atoms with van der Waals surface area (Å²) in [5.41, 5.74) is 3.01. The number of hydrogen-bond donors (Lipinski definition) is 2. The molecule has 7 heteroatoms. The molecule has 0 atom stereocenters. The van der Waals surface area contributed by atoms with E-state index in [1.807, 2.05) is 36.4 Å². The minimum absolute atomic E-state index is 0. The van der Waals surface area contributed by atoms with E-state index in [4.69, 9.17) is 4.74 Å². The zero-order chi connectivity index (χ0) is 19.6. The molecule has 0 aliphatic carbocycles. The summed E-state index contributed by atoms with van der Waals surface area (Å²) in [5, 5.41) is 6.59. The maximum absolute atomic E-state index is 11.9. The van der Waals surface area contributed by atoms with Gasteiger partial charge in [0.2, 0.25) is 0 Å². The van der Waals surface area contributed by atoms with Crippen molar-refractivity contribution in [2.45, 2.75) is 13.0 Å². The van der Waals surface area contributed by atoms with Crippen molar-refractivity contribution < 1.29 is 9.53 Å². The highest BCUT2D eigenvalue weighted by molar-refractivity contribution is 14.0. The molecular weight excluding hydrogens is 467 g/mol. The highest BCUT2D eigenvalue weighted by Crippen LogP contribution is 2.11. The summed E-state index contributed by atoms with van der Waals surface area (Å²) in [5.74, 6) is 1.62. The second-order valence-corrected chi connectivity index (χ2v) is 6.35. The van der Waals surface area contributed by atoms with E-state index in [1.54, 1.807) is 33.2 Å². The number of nitrogens with one attached hydrogen (secondary N) is 2. The van der Waals surface area contributed by atoms with Crippen LogP contribution in [-0.2, 0) is 13.0 Å². The van der Waals surface area contributed by atoms with E-state index < -0.39 is 0 Å². The lowest BCUT2D eigenvalue weighted by atomic mass is 10.1. The predicted molar refractivity (Wildman–Crippen MR) is 125 cm³/mol. The standard InChI is InChI=1S/C21H28N4O2.HI/c1-22-21(23-14-13-16-7-11-19(27-4)12-8-16)24-15-17-5-9-18(10-6-17)20(26)25(2)3;/h5-12H,13-15H2,1-4H3,(H2,22,23,24);1H. The van der Waals surface area contributed by atoms with Crippen LogP contribution < -0.4 is 15.4 Å². The van der Waals surface area contributed by atoms with Crippen molar-refractivity contribution in [2.75, 3.05) is 34.8 Å². The molecule has 152 valence electrons. The topological polar surface area (TPSA) is 66.0 Å². The van der Waals surface area contributed by atoms with E-state index in [9.17, 15) is 4.79 Å². The summed E-state index contributed by atoms with van der Waals surface area (Å²) in [4.78, 5) is 17.7. The Morgan fingerprint density at radius 3 is 2.14 bits per heavy atom. The van der Waals surface area contributed by atoms with Gasteiger partial charge in [-0.25, -0.2) is 0 Å². The number of carbonyl (C=O) groups excluding carboxylic acids is 1. The Hall–Kier alpha value is -2.29. The van der Waals surface area contributed by atoms with Crippen LogP contribution in [0.4, 0.5) is 0 Å². The molecule has 0 radical (unpaired) electrons. The Balaban J connectivity index is 0.00000392. The molecule has 0 aromatic heterocycles. The molecule has 0 unspecified atom stereocenters. The summed E-state index contributed by atoms with van der Waals surface area (Å²) in [7, 11) is 6.92. The average molecular weight is 496 g/mol. The Labute approximate surface area is 184 Å². The van der Waals surface area contributed by atoms with Gasteiger partial charge in [0.05, 0.1) is 7.11 Å². The van der Waals surface area contributed by atoms with E-state index in [2.05, 4.69) is 27.8 Å². The van der Waals surface area contributed by atoms with Crippen LogP contribution >= 0.6 is 24.0 Å². The number of halogens is 1. The van der Waals surface area contributed by atoms with Crippen LogP contribution in [0.25, 0.3) is 0 Å². The van der Waals surface area contributed by atoms with Crippen LogP contribution in [0.3, 0.4) is 0 Å². The summed E-state index contributed by atoms with van der Waals surface area (Å²) >= 11 is 0. The maximum Gasteiger partial charge on any atom is 0.253 e. The van der Waals surface area contributed by atoms with E-state index >= 15 is 0 Å². The van der Waals surface area contributed by atoms with Crippen molar-refractivity contribution >= 4 is 35.8 Å². The fourth-order valence-electron chi connectivity index (χ4n) is 2.55. The molecule has 1 amide bonds. The molecule has 0 saturated heterocycles. The van der Waals surface area contributed by atoms with Crippen LogP contribution in [-0.4, -0.2) is 51.6 Å². The van der Waals surface area contributed by atoms with Crippen LogP contribution in [0.15, 0.2) is 53.5 Å². The quantitative estimate of drug-likeness (QED) is 0.352. The number of carbonyl (C=O) groups is 1. The van der Waals surface area contributed by atoms with E-state index in [1.165, 1.54) is 5.56 Å². The molecule has 0 bridgehead atoms. The second kappa shape index (κ2) is 12.2. The van der Waals surface area contributed by atoms with Crippen LogP contribution in [0.5, 0.6) is 5.75 Å². The normalized spacial score (nSPS) is 10.6. The van der Waals surface area contributed by atoms with Gasteiger partial charge in [0.25, 0.3) is 5.91 Å². The molecular formula is C21H29IN4O2. The first-order valence-electron chi connectivity index (χ1n) is 8.91. The van der Waals surface area contributed by atoms with Gasteiger partial charge in [0, 0.05) is 39.8 Å². The van der Waals surface area contributed by atoms with Gasteiger partial charge >= 0.3 is 0 Å². The number of aliphatic imine (C=N–C) groups is 1. The maximum atomic E-state index is 11.9. The van der Waals surface area contributed by atoms with Crippen molar-refractivity contribution in [1.29, 1.82) is 0 Å². The lowest BCUT2D eigenvalue weighted by Crippen LogP contribution is -2.37. The SMILES string of the molecule is CN=C(NCCc1ccc(OC)cc1)NCc1ccc(C(=O)N(C)C)cc1.I. The summed E-state index contributed by atoms with van der Waals surface area (Å²) < 4.78 is 5.17. The molecule has 0 saturated carbocycles. The molecule has 0 aliphatic rings. The first-order valence-corrected chi connectivity index (χ1v) is 8.91. The molecule has 0 heterocycles. The Morgan fingerprint density at radius 2 is 1.61 bits per heavy atom. The lowest BCUT2D eigenvalue weighted by Gasteiger charge is -2.13. The molecule has 2 N–H and O–H groups in total. The third-order valence-corrected chi connectivity index (χ3v) is 4.16. The molecule has 28 heavy (non-hydrogen) atoms. The highest BCUT2D eigenvalue weighted by atomic mass is 127. The Kier molecular flexibility index (Phi) is 10.4. The summed E-state index contributed by atoms with van der Waals surface area (Å²) in [6.07, 6.45) is 0.895. The zero-order valence-corrected chi connectivity index (χ0v) is 19.2. The van der Waals surface area contributed by atoms with Crippen LogP contribution in [0.1, 0.15) is 21.5 Å². The van der Waals surface area contributed by atoms with Crippen LogP contribution in [0.2, 0.25) is 0 Å². The van der Waals surface area contributed by atoms with Gasteiger partial charge in [0.1, 0.15) is 5.75 Å². The molecule has 0 spiro atoms. The van der Waals surface area contributed by atoms with Crippen molar-refractivity contribution in [1.82, 2.24) is 15.5 Å². The molecule has 2 aromatic carbocycles. The number of amides is 1. The lowest BCUT2D eigenvalue weighted by molar-refractivity contribution is 0.0827. The van der Waals surface area contributed by atoms with Gasteiger partial charge in [-0.2, -0.15) is 0 Å². The van der Waals surface area contributed by atoms with E-state index in [-0.39, 0.29) is 29.9 Å². The fraction of sp³-hybridized carbons (Fsp3) is 0.333. The number of methoxy groups -OCH3 is 1. The number of nitrogens with zero attached hydrogens (tertiary/aromatic N) is 2. The van der Waals surface area contributed by atoms with Gasteiger partial charge in [0.15, 0.2) is 5.96 Å². The Morgan fingerprint density at radius 1 is 1.00 bits per heavy atom. The van der Waals surface area contributed by atoms with Gasteiger partial charge in [-0.15, -0.1) is 24.0 Å².